The van der Waals surface area contributed by atoms with Crippen molar-refractivity contribution in [2.45, 2.75) is 12.5 Å². The van der Waals surface area contributed by atoms with E-state index in [1.807, 2.05) is 41.0 Å². The molecule has 0 spiro atoms. The molecule has 190 valence electrons. The van der Waals surface area contributed by atoms with E-state index in [-0.39, 0.29) is 5.92 Å². The van der Waals surface area contributed by atoms with Gasteiger partial charge < -0.3 is 23.5 Å². The first-order chi connectivity index (χ1) is 18.2. The minimum Gasteiger partial charge on any atom is -0.493 e. The van der Waals surface area contributed by atoms with Gasteiger partial charge in [-0.25, -0.2) is 4.98 Å². The van der Waals surface area contributed by atoms with Crippen LogP contribution in [0.4, 0.5) is 0 Å². The van der Waals surface area contributed by atoms with Crippen LogP contribution >= 0.6 is 0 Å². The molecule has 0 bridgehead atoms. The number of morpholine rings is 1. The third-order valence-corrected chi connectivity index (χ3v) is 7.30. The van der Waals surface area contributed by atoms with E-state index in [2.05, 4.69) is 23.1 Å². The molecule has 8 nitrogen and oxygen atoms in total. The zero-order chi connectivity index (χ0) is 25.4. The number of rotatable bonds is 6. The summed E-state index contributed by atoms with van der Waals surface area (Å²) in [4.78, 5) is 7.06. The molecule has 4 aromatic rings. The van der Waals surface area contributed by atoms with Crippen LogP contribution in [0.2, 0.25) is 0 Å². The van der Waals surface area contributed by atoms with Crippen molar-refractivity contribution in [3.05, 3.63) is 83.1 Å². The van der Waals surface area contributed by atoms with Gasteiger partial charge in [0.15, 0.2) is 11.5 Å². The molecule has 0 amide bonds. The Morgan fingerprint density at radius 3 is 2.57 bits per heavy atom. The summed E-state index contributed by atoms with van der Waals surface area (Å²) >= 11 is 0. The van der Waals surface area contributed by atoms with E-state index in [4.69, 9.17) is 23.9 Å². The summed E-state index contributed by atoms with van der Waals surface area (Å²) in [5.74, 6) is 2.26. The topological polar surface area (TPSA) is 81.8 Å². The van der Waals surface area contributed by atoms with Crippen LogP contribution in [0, 0.1) is 5.41 Å². The smallest absolute Gasteiger partial charge is 0.228 e. The molecule has 37 heavy (non-hydrogen) atoms. The normalized spacial score (nSPS) is 17.1. The van der Waals surface area contributed by atoms with Gasteiger partial charge in [-0.1, -0.05) is 36.4 Å². The number of fused-ring (bicyclic) bond motifs is 4. The molecule has 1 fully saturated rings. The summed E-state index contributed by atoms with van der Waals surface area (Å²) in [7, 11) is 3.27. The van der Waals surface area contributed by atoms with Crippen LogP contribution in [0.15, 0.2) is 60.9 Å². The van der Waals surface area contributed by atoms with Crippen LogP contribution in [0.5, 0.6) is 23.1 Å². The summed E-state index contributed by atoms with van der Waals surface area (Å²) in [5.41, 5.74) is 3.16. The standard InChI is InChI=1S/C29H30N4O4/c1-34-22-9-8-20(17-24(22)35-2)25-26-21-6-4-3-5-19(21)7-10-23(26)37-29-27(25)28(30)33(18-31-29)12-11-32-13-15-36-16-14-32/h3-10,17-18,25,30H,11-16H2,1-2H3/t25-/m0/s1. The first-order valence-corrected chi connectivity index (χ1v) is 12.5. The predicted molar refractivity (Wildman–Crippen MR) is 140 cm³/mol. The van der Waals surface area contributed by atoms with Gasteiger partial charge in [-0.05, 0) is 34.5 Å². The first kappa shape index (κ1) is 23.5. The lowest BCUT2D eigenvalue weighted by Crippen LogP contribution is -2.40. The quantitative estimate of drug-likeness (QED) is 0.379. The number of methoxy groups -OCH3 is 2. The monoisotopic (exact) mass is 498 g/mol. The van der Waals surface area contributed by atoms with Crippen molar-refractivity contribution in [1.29, 1.82) is 5.41 Å². The molecule has 0 saturated carbocycles. The molecule has 0 unspecified atom stereocenters. The Morgan fingerprint density at radius 2 is 1.76 bits per heavy atom. The fourth-order valence-electron chi connectivity index (χ4n) is 5.37. The largest absolute Gasteiger partial charge is 0.493 e. The Balaban J connectivity index is 1.51. The summed E-state index contributed by atoms with van der Waals surface area (Å²) < 4.78 is 24.9. The van der Waals surface area contributed by atoms with Crippen LogP contribution < -0.4 is 19.7 Å². The van der Waals surface area contributed by atoms with Gasteiger partial charge in [-0.15, -0.1) is 0 Å². The highest BCUT2D eigenvalue weighted by molar-refractivity contribution is 5.90. The summed E-state index contributed by atoms with van der Waals surface area (Å²) in [6.45, 7) is 4.81. The van der Waals surface area contributed by atoms with Crippen molar-refractivity contribution in [2.24, 2.45) is 0 Å². The average Bonchev–Trinajstić information content (AvgIpc) is 2.95. The first-order valence-electron chi connectivity index (χ1n) is 12.5. The van der Waals surface area contributed by atoms with Gasteiger partial charge in [0, 0.05) is 37.7 Å². The fraction of sp³-hybridized carbons (Fsp3) is 0.310. The summed E-state index contributed by atoms with van der Waals surface area (Å²) in [6.07, 6.45) is 1.72. The van der Waals surface area contributed by atoms with E-state index < -0.39 is 0 Å². The molecule has 1 saturated heterocycles. The second-order valence-electron chi connectivity index (χ2n) is 9.31. The highest BCUT2D eigenvalue weighted by Gasteiger charge is 2.34. The Labute approximate surface area is 215 Å². The van der Waals surface area contributed by atoms with E-state index in [9.17, 15) is 5.41 Å². The maximum atomic E-state index is 9.29. The lowest BCUT2D eigenvalue weighted by atomic mass is 9.81. The van der Waals surface area contributed by atoms with Crippen LogP contribution in [-0.4, -0.2) is 61.5 Å². The number of benzene rings is 3. The Hall–Kier alpha value is -3.88. The van der Waals surface area contributed by atoms with E-state index in [0.717, 1.165) is 66.1 Å². The number of hydrogen-bond acceptors (Lipinski definition) is 7. The predicted octanol–water partition coefficient (Wildman–Crippen LogP) is 4.15. The fourth-order valence-corrected chi connectivity index (χ4v) is 5.37. The number of hydrogen-bond donors (Lipinski definition) is 1. The lowest BCUT2D eigenvalue weighted by Gasteiger charge is -2.30. The highest BCUT2D eigenvalue weighted by Crippen LogP contribution is 2.49. The lowest BCUT2D eigenvalue weighted by molar-refractivity contribution is 0.0362. The van der Waals surface area contributed by atoms with Gasteiger partial charge in [0.25, 0.3) is 0 Å². The minimum atomic E-state index is -0.263. The summed E-state index contributed by atoms with van der Waals surface area (Å²) in [5, 5.41) is 11.5. The number of nitrogens with one attached hydrogen (secondary N) is 1. The van der Waals surface area contributed by atoms with E-state index in [1.54, 1.807) is 20.5 Å². The second-order valence-corrected chi connectivity index (χ2v) is 9.31. The van der Waals surface area contributed by atoms with Crippen molar-refractivity contribution >= 4 is 10.8 Å². The number of ether oxygens (including phenoxy) is 4. The van der Waals surface area contributed by atoms with Crippen LogP contribution in [0.3, 0.4) is 0 Å². The Morgan fingerprint density at radius 1 is 0.946 bits per heavy atom. The molecule has 0 aliphatic carbocycles. The van der Waals surface area contributed by atoms with E-state index in [1.165, 1.54) is 0 Å². The van der Waals surface area contributed by atoms with Gasteiger partial charge >= 0.3 is 0 Å². The van der Waals surface area contributed by atoms with Gasteiger partial charge in [0.05, 0.1) is 33.0 Å². The molecular formula is C29H30N4O4. The molecule has 0 radical (unpaired) electrons. The van der Waals surface area contributed by atoms with Crippen molar-refractivity contribution in [1.82, 2.24) is 14.5 Å². The zero-order valence-electron chi connectivity index (χ0n) is 21.1. The third kappa shape index (κ3) is 4.22. The molecule has 6 rings (SSSR count). The molecule has 8 heteroatoms. The van der Waals surface area contributed by atoms with Crippen molar-refractivity contribution in [3.8, 4) is 23.1 Å². The van der Waals surface area contributed by atoms with Crippen molar-refractivity contribution < 1.29 is 18.9 Å². The molecule has 3 heterocycles. The number of nitrogens with zero attached hydrogens (tertiary/aromatic N) is 3. The van der Waals surface area contributed by atoms with Crippen molar-refractivity contribution in [3.63, 3.8) is 0 Å². The van der Waals surface area contributed by atoms with Gasteiger partial charge in [0.2, 0.25) is 5.88 Å². The molecule has 1 aromatic heterocycles. The SMILES string of the molecule is COc1ccc([C@@H]2c3c(ncn(CCN4CCOCC4)c3=N)Oc3ccc4ccccc4c32)cc1OC. The molecular weight excluding hydrogens is 468 g/mol. The maximum absolute atomic E-state index is 9.29. The van der Waals surface area contributed by atoms with Gasteiger partial charge in [-0.2, -0.15) is 0 Å². The molecule has 3 aromatic carbocycles. The Bertz CT molecular complexity index is 1510. The molecule has 2 aliphatic rings. The second kappa shape index (κ2) is 9.88. The van der Waals surface area contributed by atoms with E-state index >= 15 is 0 Å². The molecule has 1 N–H and O–H groups in total. The van der Waals surface area contributed by atoms with Crippen LogP contribution in [-0.2, 0) is 11.3 Å². The highest BCUT2D eigenvalue weighted by atomic mass is 16.5. The van der Waals surface area contributed by atoms with Gasteiger partial charge in [0.1, 0.15) is 17.6 Å². The van der Waals surface area contributed by atoms with Crippen LogP contribution in [0.1, 0.15) is 22.6 Å². The average molecular weight is 499 g/mol. The van der Waals surface area contributed by atoms with E-state index in [0.29, 0.717) is 29.4 Å². The zero-order valence-corrected chi connectivity index (χ0v) is 21.1. The molecule has 1 atom stereocenters. The van der Waals surface area contributed by atoms with Gasteiger partial charge in [-0.3, -0.25) is 10.3 Å². The summed E-state index contributed by atoms with van der Waals surface area (Å²) in [6, 6.07) is 18.3. The van der Waals surface area contributed by atoms with Crippen molar-refractivity contribution in [2.75, 3.05) is 47.1 Å². The number of aromatic nitrogens is 2. The van der Waals surface area contributed by atoms with Crippen LogP contribution in [0.25, 0.3) is 10.8 Å². The molecule has 2 aliphatic heterocycles. The minimum absolute atomic E-state index is 0.263. The Kier molecular flexibility index (Phi) is 6.28. The third-order valence-electron chi connectivity index (χ3n) is 7.30. The maximum Gasteiger partial charge on any atom is 0.228 e.